The van der Waals surface area contributed by atoms with Gasteiger partial charge in [-0.05, 0) is 80.9 Å². The van der Waals surface area contributed by atoms with Crippen molar-refractivity contribution in [1.29, 1.82) is 0 Å². The van der Waals surface area contributed by atoms with Gasteiger partial charge >= 0.3 is 0 Å². The standard InChI is InChI=1S/C37H54ClN5O2.3ClH/c1-5-41(6-2)26-34(28-12-8-7-9-13-28)42-20-22-43(23-21-42)36(45)33(24-27-16-18-30(38)19-17-27)39-35(44)32-25-29-14-10-11-15-31(29)37(3,4)40-32;;;/h10-11,14-19,28,32-34,40H,5-9,12-13,20-26H2,1-4H3,(H,39,44);3*1H. The van der Waals surface area contributed by atoms with Gasteiger partial charge in [0.15, 0.2) is 0 Å². The predicted molar refractivity (Wildman–Crippen MR) is 205 cm³/mol. The summed E-state index contributed by atoms with van der Waals surface area (Å²) in [5, 5.41) is 7.41. The molecule has 3 atom stereocenters. The Morgan fingerprint density at radius 1 is 0.938 bits per heavy atom. The Morgan fingerprint density at radius 2 is 1.56 bits per heavy atom. The lowest BCUT2D eigenvalue weighted by Crippen LogP contribution is -2.61. The Hall–Kier alpha value is -1.58. The van der Waals surface area contributed by atoms with E-state index < -0.39 is 12.1 Å². The lowest BCUT2D eigenvalue weighted by molar-refractivity contribution is -0.139. The van der Waals surface area contributed by atoms with Gasteiger partial charge in [0.1, 0.15) is 6.04 Å². The highest BCUT2D eigenvalue weighted by Crippen LogP contribution is 2.31. The second kappa shape index (κ2) is 19.7. The molecule has 2 heterocycles. The van der Waals surface area contributed by atoms with E-state index >= 15 is 0 Å². The fourth-order valence-corrected chi connectivity index (χ4v) is 8.03. The number of nitrogens with zero attached hydrogens (tertiary/aromatic N) is 3. The molecule has 11 heteroatoms. The summed E-state index contributed by atoms with van der Waals surface area (Å²) in [4.78, 5) is 35.2. The number of carbonyl (C=O) groups is 2. The molecular formula is C37H57Cl4N5O2. The summed E-state index contributed by atoms with van der Waals surface area (Å²) in [5.74, 6) is 0.613. The smallest absolute Gasteiger partial charge is 0.245 e. The third-order valence-corrected chi connectivity index (χ3v) is 10.8. The van der Waals surface area contributed by atoms with Crippen molar-refractivity contribution in [2.45, 2.75) is 96.3 Å². The van der Waals surface area contributed by atoms with Crippen LogP contribution in [-0.2, 0) is 28.0 Å². The Bertz CT molecular complexity index is 1280. The first-order valence-electron chi connectivity index (χ1n) is 17.3. The summed E-state index contributed by atoms with van der Waals surface area (Å²) in [7, 11) is 0. The molecule has 2 aromatic carbocycles. The second-order valence-electron chi connectivity index (χ2n) is 13.9. The Kier molecular flexibility index (Phi) is 17.5. The van der Waals surface area contributed by atoms with E-state index in [2.05, 4.69) is 60.3 Å². The van der Waals surface area contributed by atoms with Crippen LogP contribution in [-0.4, -0.2) is 90.5 Å². The third kappa shape index (κ3) is 10.7. The minimum absolute atomic E-state index is 0. The number of piperazine rings is 1. The van der Waals surface area contributed by atoms with Gasteiger partial charge in [-0.15, -0.1) is 37.2 Å². The van der Waals surface area contributed by atoms with E-state index in [0.717, 1.165) is 44.2 Å². The van der Waals surface area contributed by atoms with Crippen molar-refractivity contribution in [3.63, 3.8) is 0 Å². The topological polar surface area (TPSA) is 67.9 Å². The molecule has 0 radical (unpaired) electrons. The van der Waals surface area contributed by atoms with Crippen LogP contribution in [0.4, 0.5) is 0 Å². The second-order valence-corrected chi connectivity index (χ2v) is 14.3. The SMILES string of the molecule is CCN(CC)CC(C1CCCCC1)N1CCN(C(=O)C(Cc2ccc(Cl)cc2)NC(=O)C2Cc3ccccc3C(C)(C)N2)CC1.Cl.Cl.Cl. The van der Waals surface area contributed by atoms with E-state index in [1.807, 2.05) is 41.3 Å². The first-order valence-corrected chi connectivity index (χ1v) is 17.7. The lowest BCUT2D eigenvalue weighted by Gasteiger charge is -2.45. The average Bonchev–Trinajstić information content (AvgIpc) is 3.06. The Labute approximate surface area is 312 Å². The number of fused-ring (bicyclic) bond motifs is 1. The maximum Gasteiger partial charge on any atom is 0.245 e. The van der Waals surface area contributed by atoms with Crippen molar-refractivity contribution < 1.29 is 9.59 Å². The molecule has 0 spiro atoms. The van der Waals surface area contributed by atoms with Crippen molar-refractivity contribution in [2.24, 2.45) is 5.92 Å². The van der Waals surface area contributed by atoms with Crippen LogP contribution in [0, 0.1) is 5.92 Å². The van der Waals surface area contributed by atoms with Crippen LogP contribution in [0.15, 0.2) is 48.5 Å². The summed E-state index contributed by atoms with van der Waals surface area (Å²) in [5.41, 5.74) is 3.03. The van der Waals surface area contributed by atoms with E-state index in [4.69, 9.17) is 11.6 Å². The van der Waals surface area contributed by atoms with Crippen LogP contribution in [0.25, 0.3) is 0 Å². The van der Waals surface area contributed by atoms with Crippen LogP contribution in [0.2, 0.25) is 5.02 Å². The molecule has 3 unspecified atom stereocenters. The molecule has 1 saturated carbocycles. The number of rotatable bonds is 11. The van der Waals surface area contributed by atoms with Crippen LogP contribution >= 0.6 is 48.8 Å². The monoisotopic (exact) mass is 743 g/mol. The number of likely N-dealkylation sites (N-methyl/N-ethyl adjacent to an activating group) is 1. The zero-order chi connectivity index (χ0) is 32.0. The first-order chi connectivity index (χ1) is 21.7. The number of amides is 2. The Balaban J connectivity index is 0.00000267. The maximum atomic E-state index is 14.2. The molecule has 2 aromatic rings. The van der Waals surface area contributed by atoms with Gasteiger partial charge in [0.25, 0.3) is 0 Å². The largest absolute Gasteiger partial charge is 0.343 e. The van der Waals surface area contributed by atoms with E-state index in [1.165, 1.54) is 43.2 Å². The first kappa shape index (κ1) is 42.6. The fraction of sp³-hybridized carbons (Fsp3) is 0.622. The molecule has 3 aliphatic rings. The van der Waals surface area contributed by atoms with Gasteiger partial charge in [0, 0.05) is 55.7 Å². The predicted octanol–water partition coefficient (Wildman–Crippen LogP) is 6.52. The number of hydrogen-bond donors (Lipinski definition) is 2. The van der Waals surface area contributed by atoms with Crippen molar-refractivity contribution in [3.05, 3.63) is 70.2 Å². The van der Waals surface area contributed by atoms with Gasteiger partial charge in [-0.25, -0.2) is 0 Å². The number of hydrogen-bond acceptors (Lipinski definition) is 5. The molecule has 0 bridgehead atoms. The zero-order valence-corrected chi connectivity index (χ0v) is 32.3. The quantitative estimate of drug-likeness (QED) is 0.275. The van der Waals surface area contributed by atoms with Gasteiger partial charge in [0.05, 0.1) is 6.04 Å². The third-order valence-electron chi connectivity index (χ3n) is 10.6. The summed E-state index contributed by atoms with van der Waals surface area (Å²) in [6.07, 6.45) is 7.69. The molecule has 7 nitrogen and oxygen atoms in total. The van der Waals surface area contributed by atoms with Gasteiger partial charge in [-0.1, -0.05) is 81.1 Å². The Morgan fingerprint density at radius 3 is 2.19 bits per heavy atom. The zero-order valence-electron chi connectivity index (χ0n) is 29.1. The molecule has 48 heavy (non-hydrogen) atoms. The number of halogens is 4. The summed E-state index contributed by atoms with van der Waals surface area (Å²) in [6.45, 7) is 15.1. The molecule has 1 saturated heterocycles. The highest BCUT2D eigenvalue weighted by molar-refractivity contribution is 6.30. The molecule has 2 aliphatic heterocycles. The normalized spacial score (nSPS) is 20.7. The number of carbonyl (C=O) groups excluding carboxylic acids is 2. The van der Waals surface area contributed by atoms with Crippen molar-refractivity contribution in [3.8, 4) is 0 Å². The summed E-state index contributed by atoms with van der Waals surface area (Å²) in [6, 6.07) is 15.4. The van der Waals surface area contributed by atoms with Gasteiger partial charge in [0.2, 0.25) is 11.8 Å². The minimum atomic E-state index is -0.642. The van der Waals surface area contributed by atoms with Crippen molar-refractivity contribution in [2.75, 3.05) is 45.8 Å². The molecule has 1 aliphatic carbocycles. The fourth-order valence-electron chi connectivity index (χ4n) is 7.90. The molecule has 0 aromatic heterocycles. The van der Waals surface area contributed by atoms with Crippen molar-refractivity contribution in [1.82, 2.24) is 25.3 Å². The molecular weight excluding hydrogens is 688 g/mol. The van der Waals surface area contributed by atoms with Crippen molar-refractivity contribution >= 4 is 60.6 Å². The summed E-state index contributed by atoms with van der Waals surface area (Å²) < 4.78 is 0. The number of benzene rings is 2. The lowest BCUT2D eigenvalue weighted by atomic mass is 9.82. The van der Waals surface area contributed by atoms with E-state index in [-0.39, 0.29) is 54.6 Å². The average molecular weight is 746 g/mol. The van der Waals surface area contributed by atoms with Crippen LogP contribution in [0.3, 0.4) is 0 Å². The highest BCUT2D eigenvalue weighted by atomic mass is 35.5. The van der Waals surface area contributed by atoms with E-state index in [9.17, 15) is 9.59 Å². The molecule has 5 rings (SSSR count). The van der Waals surface area contributed by atoms with Gasteiger partial charge in [-0.2, -0.15) is 0 Å². The summed E-state index contributed by atoms with van der Waals surface area (Å²) >= 11 is 6.17. The maximum absolute atomic E-state index is 14.2. The molecule has 270 valence electrons. The molecule has 2 amide bonds. The number of nitrogens with one attached hydrogen (secondary N) is 2. The highest BCUT2D eigenvalue weighted by Gasteiger charge is 2.38. The van der Waals surface area contributed by atoms with Crippen LogP contribution in [0.5, 0.6) is 0 Å². The van der Waals surface area contributed by atoms with Crippen LogP contribution < -0.4 is 10.6 Å². The van der Waals surface area contributed by atoms with Gasteiger partial charge < -0.3 is 15.1 Å². The molecule has 2 fully saturated rings. The van der Waals surface area contributed by atoms with Gasteiger partial charge in [-0.3, -0.25) is 19.8 Å². The minimum Gasteiger partial charge on any atom is -0.343 e. The van der Waals surface area contributed by atoms with Crippen LogP contribution in [0.1, 0.15) is 76.5 Å². The van der Waals surface area contributed by atoms with E-state index in [1.54, 1.807) is 0 Å². The molecule has 2 N–H and O–H groups in total. The van der Waals surface area contributed by atoms with E-state index in [0.29, 0.717) is 37.0 Å².